The summed E-state index contributed by atoms with van der Waals surface area (Å²) in [5.41, 5.74) is 1.02. The average Bonchev–Trinajstić information content (AvgIpc) is 2.91. The maximum Gasteiger partial charge on any atom is 0.166 e. The number of nitrogens with one attached hydrogen (secondary N) is 2. The van der Waals surface area contributed by atoms with Crippen LogP contribution < -0.4 is 10.6 Å². The zero-order valence-corrected chi connectivity index (χ0v) is 21.5. The third kappa shape index (κ3) is 5.54. The van der Waals surface area contributed by atoms with E-state index in [2.05, 4.69) is 38.3 Å². The van der Waals surface area contributed by atoms with Crippen LogP contribution >= 0.6 is 12.2 Å². The predicted octanol–water partition coefficient (Wildman–Crippen LogP) is 7.47. The molecule has 3 rings (SSSR count). The fourth-order valence-electron chi connectivity index (χ4n) is 7.57. The van der Waals surface area contributed by atoms with Gasteiger partial charge in [0.2, 0.25) is 0 Å². The van der Waals surface area contributed by atoms with E-state index in [1.165, 1.54) is 89.9 Å². The van der Waals surface area contributed by atoms with Gasteiger partial charge in [0.15, 0.2) is 5.11 Å². The highest BCUT2D eigenvalue weighted by Gasteiger charge is 2.52. The van der Waals surface area contributed by atoms with Gasteiger partial charge in [-0.3, -0.25) is 0 Å². The second kappa shape index (κ2) is 10.5. The lowest BCUT2D eigenvalue weighted by molar-refractivity contribution is -0.0876. The first kappa shape index (κ1) is 24.3. The van der Waals surface area contributed by atoms with E-state index in [4.69, 9.17) is 12.2 Å². The van der Waals surface area contributed by atoms with Crippen molar-refractivity contribution in [3.63, 3.8) is 0 Å². The van der Waals surface area contributed by atoms with Crippen molar-refractivity contribution in [2.24, 2.45) is 34.5 Å². The van der Waals surface area contributed by atoms with Crippen molar-refractivity contribution < 1.29 is 0 Å². The van der Waals surface area contributed by atoms with Crippen LogP contribution in [0.3, 0.4) is 0 Å². The van der Waals surface area contributed by atoms with Crippen LogP contribution in [0.25, 0.3) is 0 Å². The van der Waals surface area contributed by atoms with Crippen LogP contribution in [0.15, 0.2) is 0 Å². The van der Waals surface area contributed by atoms with Crippen LogP contribution in [0.4, 0.5) is 0 Å². The predicted molar refractivity (Wildman–Crippen MR) is 135 cm³/mol. The SMILES string of the molecule is CNC(=S)NC1CCCC(C(C)(C)C2CCC2C(C)(C)C2CCCCCC2)CCC1. The number of rotatable bonds is 5. The highest BCUT2D eigenvalue weighted by molar-refractivity contribution is 7.80. The molecule has 0 aromatic heterocycles. The lowest BCUT2D eigenvalue weighted by Gasteiger charge is -2.58. The second-order valence-electron chi connectivity index (χ2n) is 12.1. The van der Waals surface area contributed by atoms with Gasteiger partial charge >= 0.3 is 0 Å². The first-order valence-electron chi connectivity index (χ1n) is 13.2. The van der Waals surface area contributed by atoms with Crippen LogP contribution in [0.5, 0.6) is 0 Å². The monoisotopic (exact) mass is 434 g/mol. The molecule has 3 fully saturated rings. The number of thiocarbonyl (C=S) groups is 1. The summed E-state index contributed by atoms with van der Waals surface area (Å²) in [7, 11) is 1.92. The maximum absolute atomic E-state index is 5.34. The summed E-state index contributed by atoms with van der Waals surface area (Å²) < 4.78 is 0. The van der Waals surface area contributed by atoms with E-state index >= 15 is 0 Å². The van der Waals surface area contributed by atoms with Crippen LogP contribution in [0.1, 0.15) is 118 Å². The molecule has 2 unspecified atom stereocenters. The molecular formula is C27H50N2S. The minimum Gasteiger partial charge on any atom is -0.366 e. The summed E-state index contributed by atoms with van der Waals surface area (Å²) in [6.45, 7) is 10.6. The maximum atomic E-state index is 5.34. The highest BCUT2D eigenvalue weighted by atomic mass is 32.1. The molecule has 0 amide bonds. The lowest BCUT2D eigenvalue weighted by Crippen LogP contribution is -2.50. The van der Waals surface area contributed by atoms with E-state index in [1.807, 2.05) is 7.05 Å². The molecular weight excluding hydrogens is 384 g/mol. The molecule has 0 aromatic carbocycles. The van der Waals surface area contributed by atoms with Crippen LogP contribution in [-0.2, 0) is 0 Å². The number of hydrogen-bond acceptors (Lipinski definition) is 1. The zero-order valence-electron chi connectivity index (χ0n) is 20.7. The van der Waals surface area contributed by atoms with Gasteiger partial charge in [-0.2, -0.15) is 0 Å². The van der Waals surface area contributed by atoms with Gasteiger partial charge in [0.1, 0.15) is 0 Å². The minimum atomic E-state index is 0.492. The van der Waals surface area contributed by atoms with E-state index < -0.39 is 0 Å². The van der Waals surface area contributed by atoms with Crippen molar-refractivity contribution in [1.82, 2.24) is 10.6 Å². The Labute approximate surface area is 193 Å². The average molecular weight is 435 g/mol. The molecule has 2 N–H and O–H groups in total. The molecule has 3 aliphatic carbocycles. The smallest absolute Gasteiger partial charge is 0.166 e. The largest absolute Gasteiger partial charge is 0.366 e. The molecule has 0 spiro atoms. The van der Waals surface area contributed by atoms with Crippen LogP contribution in [-0.4, -0.2) is 18.2 Å². The Balaban J connectivity index is 1.60. The molecule has 3 saturated carbocycles. The summed E-state index contributed by atoms with van der Waals surface area (Å²) >= 11 is 5.34. The summed E-state index contributed by atoms with van der Waals surface area (Å²) in [5, 5.41) is 7.42. The lowest BCUT2D eigenvalue weighted by atomic mass is 9.47. The normalized spacial score (nSPS) is 32.3. The van der Waals surface area contributed by atoms with E-state index in [9.17, 15) is 0 Å². The molecule has 3 aliphatic rings. The van der Waals surface area contributed by atoms with E-state index in [1.54, 1.807) is 0 Å². The first-order chi connectivity index (χ1) is 14.3. The van der Waals surface area contributed by atoms with Gasteiger partial charge < -0.3 is 10.6 Å². The highest BCUT2D eigenvalue weighted by Crippen LogP contribution is 2.60. The van der Waals surface area contributed by atoms with E-state index in [-0.39, 0.29) is 0 Å². The van der Waals surface area contributed by atoms with Gasteiger partial charge in [-0.05, 0) is 98.1 Å². The Morgan fingerprint density at radius 1 is 0.633 bits per heavy atom. The van der Waals surface area contributed by atoms with Crippen molar-refractivity contribution >= 4 is 17.3 Å². The molecule has 174 valence electrons. The van der Waals surface area contributed by atoms with Gasteiger partial charge in [0.25, 0.3) is 0 Å². The Morgan fingerprint density at radius 2 is 1.07 bits per heavy atom. The first-order valence-corrected chi connectivity index (χ1v) is 13.7. The van der Waals surface area contributed by atoms with E-state index in [0.29, 0.717) is 16.9 Å². The summed E-state index contributed by atoms with van der Waals surface area (Å²) in [6.07, 6.45) is 19.9. The third-order valence-electron chi connectivity index (χ3n) is 9.92. The Morgan fingerprint density at radius 3 is 1.47 bits per heavy atom. The standard InChI is InChI=1S/C27H50N2S/c1-26(2,20-12-8-6-7-9-13-20)23-18-19-24(23)27(3,4)21-14-10-16-22(17-11-15-21)29-25(30)28-5/h20-24H,6-19H2,1-5H3,(H2,28,29,30). The van der Waals surface area contributed by atoms with Crippen molar-refractivity contribution in [2.75, 3.05) is 7.05 Å². The zero-order chi connectivity index (χ0) is 21.8. The molecule has 0 bridgehead atoms. The molecule has 0 radical (unpaired) electrons. The molecule has 0 aromatic rings. The molecule has 30 heavy (non-hydrogen) atoms. The minimum absolute atomic E-state index is 0.492. The molecule has 0 saturated heterocycles. The van der Waals surface area contributed by atoms with Gasteiger partial charge in [-0.25, -0.2) is 0 Å². The van der Waals surface area contributed by atoms with Gasteiger partial charge in [-0.15, -0.1) is 0 Å². The summed E-state index contributed by atoms with van der Waals surface area (Å²) in [4.78, 5) is 0. The van der Waals surface area contributed by atoms with Gasteiger partial charge in [0, 0.05) is 13.1 Å². The fraction of sp³-hybridized carbons (Fsp3) is 0.963. The molecule has 2 atom stereocenters. The molecule has 0 heterocycles. The van der Waals surface area contributed by atoms with Crippen molar-refractivity contribution in [3.05, 3.63) is 0 Å². The van der Waals surface area contributed by atoms with Gasteiger partial charge in [-0.1, -0.05) is 66.2 Å². The van der Waals surface area contributed by atoms with Crippen LogP contribution in [0.2, 0.25) is 0 Å². The van der Waals surface area contributed by atoms with Crippen molar-refractivity contribution in [1.29, 1.82) is 0 Å². The number of hydrogen-bond donors (Lipinski definition) is 2. The Hall–Kier alpha value is -0.310. The Kier molecular flexibility index (Phi) is 8.55. The second-order valence-corrected chi connectivity index (χ2v) is 12.5. The van der Waals surface area contributed by atoms with E-state index in [0.717, 1.165) is 28.8 Å². The van der Waals surface area contributed by atoms with Crippen molar-refractivity contribution in [2.45, 2.75) is 124 Å². The summed E-state index contributed by atoms with van der Waals surface area (Å²) in [5.74, 6) is 3.74. The van der Waals surface area contributed by atoms with Crippen LogP contribution in [0, 0.1) is 34.5 Å². The topological polar surface area (TPSA) is 24.1 Å². The Bertz CT molecular complexity index is 537. The van der Waals surface area contributed by atoms with Gasteiger partial charge in [0.05, 0.1) is 0 Å². The molecule has 3 heteroatoms. The summed E-state index contributed by atoms with van der Waals surface area (Å²) in [6, 6.07) is 0.569. The molecule has 0 aliphatic heterocycles. The third-order valence-corrected chi connectivity index (χ3v) is 10.2. The quantitative estimate of drug-likeness (QED) is 0.346. The molecule has 2 nitrogen and oxygen atoms in total. The fourth-order valence-corrected chi connectivity index (χ4v) is 7.73. The van der Waals surface area contributed by atoms with Crippen molar-refractivity contribution in [3.8, 4) is 0 Å².